The van der Waals surface area contributed by atoms with Crippen LogP contribution in [0.15, 0.2) is 42.6 Å². The third-order valence-electron chi connectivity index (χ3n) is 3.86. The van der Waals surface area contributed by atoms with Crippen LogP contribution in [0.5, 0.6) is 11.6 Å². The average molecular weight is 354 g/mol. The van der Waals surface area contributed by atoms with Gasteiger partial charge in [0.25, 0.3) is 5.91 Å². The van der Waals surface area contributed by atoms with Crippen LogP contribution in [0.2, 0.25) is 0 Å². The van der Waals surface area contributed by atoms with Crippen LogP contribution in [0.1, 0.15) is 42.9 Å². The first-order valence-electron chi connectivity index (χ1n) is 8.63. The Kier molecular flexibility index (Phi) is 5.36. The van der Waals surface area contributed by atoms with E-state index in [0.29, 0.717) is 30.4 Å². The van der Waals surface area contributed by atoms with Gasteiger partial charge in [-0.1, -0.05) is 12.1 Å². The molecule has 2 aromatic heterocycles. The number of rotatable bonds is 7. The Balaban J connectivity index is 1.71. The number of hydrogen-bond acceptors (Lipinski definition) is 5. The molecule has 0 unspecified atom stereocenters. The highest BCUT2D eigenvalue weighted by Crippen LogP contribution is 2.18. The first kappa shape index (κ1) is 17.7. The third kappa shape index (κ3) is 3.93. The second-order valence-corrected chi connectivity index (χ2v) is 5.73. The van der Waals surface area contributed by atoms with Crippen molar-refractivity contribution < 1.29 is 14.3 Å². The fourth-order valence-electron chi connectivity index (χ4n) is 2.57. The number of nitrogens with one attached hydrogen (secondary N) is 1. The quantitative estimate of drug-likeness (QED) is 0.706. The van der Waals surface area contributed by atoms with E-state index in [4.69, 9.17) is 9.47 Å². The minimum atomic E-state index is -0.255. The van der Waals surface area contributed by atoms with Gasteiger partial charge in [0.2, 0.25) is 5.88 Å². The fourth-order valence-corrected chi connectivity index (χ4v) is 2.57. The zero-order chi connectivity index (χ0) is 18.5. The highest BCUT2D eigenvalue weighted by molar-refractivity contribution is 5.93. The van der Waals surface area contributed by atoms with Gasteiger partial charge in [-0.25, -0.2) is 9.50 Å². The number of fused-ring (bicyclic) bond motifs is 1. The molecule has 0 bridgehead atoms. The molecule has 0 saturated heterocycles. The number of benzene rings is 1. The SMILES string of the molecule is CCOc1ccc([C@@H](C)NC(=O)c2cn3nc(OCC)ccc3n2)cc1. The first-order valence-corrected chi connectivity index (χ1v) is 8.63. The lowest BCUT2D eigenvalue weighted by Gasteiger charge is -2.14. The summed E-state index contributed by atoms with van der Waals surface area (Å²) in [6.07, 6.45) is 1.60. The summed E-state index contributed by atoms with van der Waals surface area (Å²) in [5.41, 5.74) is 1.89. The largest absolute Gasteiger partial charge is 0.494 e. The second-order valence-electron chi connectivity index (χ2n) is 5.73. The predicted octanol–water partition coefficient (Wildman–Crippen LogP) is 3.02. The summed E-state index contributed by atoms with van der Waals surface area (Å²) in [5.74, 6) is 1.05. The smallest absolute Gasteiger partial charge is 0.272 e. The molecule has 26 heavy (non-hydrogen) atoms. The minimum Gasteiger partial charge on any atom is -0.494 e. The van der Waals surface area contributed by atoms with Crippen molar-refractivity contribution in [2.45, 2.75) is 26.8 Å². The summed E-state index contributed by atoms with van der Waals surface area (Å²) in [6, 6.07) is 11.0. The van der Waals surface area contributed by atoms with Crippen LogP contribution in [0.3, 0.4) is 0 Å². The number of imidazole rings is 1. The van der Waals surface area contributed by atoms with E-state index in [1.54, 1.807) is 22.8 Å². The van der Waals surface area contributed by atoms with Crippen LogP contribution in [-0.4, -0.2) is 33.7 Å². The van der Waals surface area contributed by atoms with Gasteiger partial charge >= 0.3 is 0 Å². The van der Waals surface area contributed by atoms with Crippen molar-refractivity contribution in [3.63, 3.8) is 0 Å². The molecular weight excluding hydrogens is 332 g/mol. The Morgan fingerprint density at radius 1 is 1.12 bits per heavy atom. The number of ether oxygens (including phenoxy) is 2. The predicted molar refractivity (Wildman–Crippen MR) is 97.6 cm³/mol. The molecule has 0 aliphatic rings. The number of amides is 1. The summed E-state index contributed by atoms with van der Waals surface area (Å²) in [5, 5.41) is 7.22. The Bertz CT molecular complexity index is 889. The summed E-state index contributed by atoms with van der Waals surface area (Å²) in [4.78, 5) is 16.8. The van der Waals surface area contributed by atoms with E-state index in [0.717, 1.165) is 11.3 Å². The summed E-state index contributed by atoms with van der Waals surface area (Å²) < 4.78 is 12.3. The molecule has 0 aliphatic heterocycles. The Labute approximate surface area is 152 Å². The number of nitrogens with zero attached hydrogens (tertiary/aromatic N) is 3. The maximum Gasteiger partial charge on any atom is 0.272 e. The van der Waals surface area contributed by atoms with Gasteiger partial charge in [0.1, 0.15) is 11.4 Å². The summed E-state index contributed by atoms with van der Waals surface area (Å²) in [6.45, 7) is 6.91. The zero-order valence-electron chi connectivity index (χ0n) is 15.1. The molecule has 0 aliphatic carbocycles. The van der Waals surface area contributed by atoms with Crippen molar-refractivity contribution in [1.29, 1.82) is 0 Å². The number of aromatic nitrogens is 3. The maximum atomic E-state index is 12.5. The van der Waals surface area contributed by atoms with E-state index in [2.05, 4.69) is 15.4 Å². The highest BCUT2D eigenvalue weighted by atomic mass is 16.5. The van der Waals surface area contributed by atoms with Gasteiger partial charge in [-0.15, -0.1) is 5.10 Å². The van der Waals surface area contributed by atoms with Crippen molar-refractivity contribution in [3.05, 3.63) is 53.9 Å². The van der Waals surface area contributed by atoms with Crippen LogP contribution in [0.4, 0.5) is 0 Å². The molecule has 1 N–H and O–H groups in total. The van der Waals surface area contributed by atoms with Crippen molar-refractivity contribution >= 4 is 11.6 Å². The van der Waals surface area contributed by atoms with Crippen LogP contribution < -0.4 is 14.8 Å². The van der Waals surface area contributed by atoms with E-state index < -0.39 is 0 Å². The van der Waals surface area contributed by atoms with Gasteiger partial charge in [0.15, 0.2) is 5.65 Å². The molecule has 0 spiro atoms. The van der Waals surface area contributed by atoms with Crippen molar-refractivity contribution in [3.8, 4) is 11.6 Å². The van der Waals surface area contributed by atoms with E-state index in [1.165, 1.54) is 0 Å². The van der Waals surface area contributed by atoms with E-state index in [-0.39, 0.29) is 11.9 Å². The standard InChI is InChI=1S/C19H22N4O3/c1-4-25-15-8-6-14(7-9-15)13(3)20-19(24)16-12-23-17(21-16)10-11-18(22-23)26-5-2/h6-13H,4-5H2,1-3H3,(H,20,24)/t13-/m1/s1. The molecular formula is C19H22N4O3. The molecule has 0 radical (unpaired) electrons. The Morgan fingerprint density at radius 3 is 2.54 bits per heavy atom. The second kappa shape index (κ2) is 7.86. The minimum absolute atomic E-state index is 0.157. The molecule has 1 atom stereocenters. The van der Waals surface area contributed by atoms with Crippen LogP contribution >= 0.6 is 0 Å². The van der Waals surface area contributed by atoms with Gasteiger partial charge in [0.05, 0.1) is 25.5 Å². The summed E-state index contributed by atoms with van der Waals surface area (Å²) in [7, 11) is 0. The fraction of sp³-hybridized carbons (Fsp3) is 0.316. The molecule has 0 fully saturated rings. The van der Waals surface area contributed by atoms with Crippen molar-refractivity contribution in [2.24, 2.45) is 0 Å². The van der Waals surface area contributed by atoms with Gasteiger partial charge in [-0.2, -0.15) is 0 Å². The molecule has 2 heterocycles. The normalized spacial score (nSPS) is 12.0. The number of hydrogen-bond donors (Lipinski definition) is 1. The molecule has 7 heteroatoms. The van der Waals surface area contributed by atoms with Crippen molar-refractivity contribution in [2.75, 3.05) is 13.2 Å². The lowest BCUT2D eigenvalue weighted by molar-refractivity contribution is 0.0935. The van der Waals surface area contributed by atoms with Crippen LogP contribution in [-0.2, 0) is 0 Å². The van der Waals surface area contributed by atoms with Gasteiger partial charge in [-0.3, -0.25) is 4.79 Å². The van der Waals surface area contributed by atoms with Gasteiger partial charge in [0, 0.05) is 6.07 Å². The van der Waals surface area contributed by atoms with E-state index in [1.807, 2.05) is 45.0 Å². The topological polar surface area (TPSA) is 77.8 Å². The molecule has 0 saturated carbocycles. The lowest BCUT2D eigenvalue weighted by atomic mass is 10.1. The molecule has 7 nitrogen and oxygen atoms in total. The molecule has 1 aromatic carbocycles. The molecule has 1 amide bonds. The molecule has 3 rings (SSSR count). The lowest BCUT2D eigenvalue weighted by Crippen LogP contribution is -2.26. The Morgan fingerprint density at radius 2 is 1.85 bits per heavy atom. The number of carbonyl (C=O) groups excluding carboxylic acids is 1. The van der Waals surface area contributed by atoms with Crippen LogP contribution in [0, 0.1) is 0 Å². The van der Waals surface area contributed by atoms with E-state index >= 15 is 0 Å². The van der Waals surface area contributed by atoms with E-state index in [9.17, 15) is 4.79 Å². The van der Waals surface area contributed by atoms with Gasteiger partial charge in [-0.05, 0) is 44.5 Å². The average Bonchev–Trinajstić information content (AvgIpc) is 3.06. The maximum absolute atomic E-state index is 12.5. The monoisotopic (exact) mass is 354 g/mol. The highest BCUT2D eigenvalue weighted by Gasteiger charge is 2.15. The summed E-state index contributed by atoms with van der Waals surface area (Å²) >= 11 is 0. The molecule has 136 valence electrons. The van der Waals surface area contributed by atoms with Crippen molar-refractivity contribution in [1.82, 2.24) is 19.9 Å². The zero-order valence-corrected chi connectivity index (χ0v) is 15.1. The molecule has 3 aromatic rings. The number of carbonyl (C=O) groups is 1. The first-order chi connectivity index (χ1) is 12.6. The Hall–Kier alpha value is -3.09. The van der Waals surface area contributed by atoms with Gasteiger partial charge < -0.3 is 14.8 Å². The third-order valence-corrected chi connectivity index (χ3v) is 3.86. The van der Waals surface area contributed by atoms with Crippen LogP contribution in [0.25, 0.3) is 5.65 Å².